The second-order valence-electron chi connectivity index (χ2n) is 9.34. The lowest BCUT2D eigenvalue weighted by atomic mass is 9.55. The van der Waals surface area contributed by atoms with Crippen LogP contribution in [0.1, 0.15) is 57.8 Å². The lowest BCUT2D eigenvalue weighted by Crippen LogP contribution is -2.51. The minimum absolute atomic E-state index is 0.0174. The van der Waals surface area contributed by atoms with Crippen molar-refractivity contribution in [3.63, 3.8) is 0 Å². The average molecular weight is 318 g/mol. The molecule has 0 aromatic heterocycles. The summed E-state index contributed by atoms with van der Waals surface area (Å²) >= 11 is 0. The first-order valence-electron chi connectivity index (χ1n) is 9.61. The van der Waals surface area contributed by atoms with Gasteiger partial charge in [-0.05, 0) is 74.0 Å². The predicted molar refractivity (Wildman–Crippen MR) is 81.4 cm³/mol. The van der Waals surface area contributed by atoms with Gasteiger partial charge in [-0.2, -0.15) is 0 Å². The molecule has 6 aliphatic rings. The number of hydrogen-bond acceptors (Lipinski definition) is 4. The number of rotatable bonds is 2. The summed E-state index contributed by atoms with van der Waals surface area (Å²) in [7, 11) is 0. The van der Waals surface area contributed by atoms with Crippen molar-refractivity contribution in [2.75, 3.05) is 6.61 Å². The molecule has 6 atom stereocenters. The Balaban J connectivity index is 1.30. The van der Waals surface area contributed by atoms with Gasteiger partial charge in [-0.3, -0.25) is 4.79 Å². The summed E-state index contributed by atoms with van der Waals surface area (Å²) < 4.78 is 18.5. The molecule has 6 unspecified atom stereocenters. The molecule has 3 spiro atoms. The van der Waals surface area contributed by atoms with Gasteiger partial charge in [0.1, 0.15) is 11.7 Å². The van der Waals surface area contributed by atoms with Gasteiger partial charge in [0.05, 0.1) is 6.61 Å². The number of hydrogen-bond donors (Lipinski definition) is 0. The molecule has 4 nitrogen and oxygen atoms in total. The van der Waals surface area contributed by atoms with Crippen LogP contribution in [0.3, 0.4) is 0 Å². The topological polar surface area (TPSA) is 44.8 Å². The van der Waals surface area contributed by atoms with E-state index in [-0.39, 0.29) is 11.7 Å². The molecule has 0 radical (unpaired) electrons. The summed E-state index contributed by atoms with van der Waals surface area (Å²) in [5.74, 6) is 2.93. The van der Waals surface area contributed by atoms with E-state index in [0.717, 1.165) is 49.5 Å². The highest BCUT2D eigenvalue weighted by Crippen LogP contribution is 2.78. The van der Waals surface area contributed by atoms with Gasteiger partial charge in [-0.15, -0.1) is 0 Å². The minimum atomic E-state index is -0.471. The van der Waals surface area contributed by atoms with E-state index >= 15 is 0 Å². The Morgan fingerprint density at radius 2 is 1.74 bits per heavy atom. The van der Waals surface area contributed by atoms with Crippen molar-refractivity contribution in [2.45, 2.75) is 75.3 Å². The quantitative estimate of drug-likeness (QED) is 0.734. The van der Waals surface area contributed by atoms with Gasteiger partial charge in [0.15, 0.2) is 5.79 Å². The van der Waals surface area contributed by atoms with Crippen molar-refractivity contribution in [2.24, 2.45) is 29.1 Å². The minimum Gasteiger partial charge on any atom is -0.464 e. The highest BCUT2D eigenvalue weighted by molar-refractivity contribution is 5.37. The summed E-state index contributed by atoms with van der Waals surface area (Å²) in [6, 6.07) is 0. The molecule has 0 aromatic carbocycles. The lowest BCUT2D eigenvalue weighted by Gasteiger charge is -2.50. The summed E-state index contributed by atoms with van der Waals surface area (Å²) in [6.07, 6.45) is 10.7. The van der Waals surface area contributed by atoms with E-state index in [1.807, 2.05) is 0 Å². The maximum atomic E-state index is 10.7. The van der Waals surface area contributed by atoms with E-state index in [0.29, 0.717) is 18.3 Å². The van der Waals surface area contributed by atoms with Crippen LogP contribution in [-0.4, -0.2) is 30.6 Å². The van der Waals surface area contributed by atoms with Crippen molar-refractivity contribution in [3.8, 4) is 0 Å². The van der Waals surface area contributed by atoms with Crippen LogP contribution in [-0.2, 0) is 19.0 Å². The van der Waals surface area contributed by atoms with Crippen LogP contribution in [0.4, 0.5) is 0 Å². The van der Waals surface area contributed by atoms with Gasteiger partial charge in [-0.25, -0.2) is 0 Å². The van der Waals surface area contributed by atoms with Crippen LogP contribution >= 0.6 is 0 Å². The molecule has 6 rings (SSSR count). The number of fused-ring (bicyclic) bond motifs is 4. The summed E-state index contributed by atoms with van der Waals surface area (Å²) in [6.45, 7) is 1.37. The molecule has 6 fully saturated rings. The summed E-state index contributed by atoms with van der Waals surface area (Å²) in [5.41, 5.74) is 0.700. The standard InChI is InChI=1S/C19H26O4/c20-11-21-16-2-1-3-18(9-16)22-10-19(23-18)14-5-12-4-13-6-15(19)8-17(12,13)7-14/h11-16H,1-10H2. The first-order valence-corrected chi connectivity index (χ1v) is 9.61. The fourth-order valence-electron chi connectivity index (χ4n) is 7.87. The summed E-state index contributed by atoms with van der Waals surface area (Å²) in [5, 5.41) is 0. The normalized spacial score (nSPS) is 61.8. The van der Waals surface area contributed by atoms with Crippen molar-refractivity contribution in [1.82, 2.24) is 0 Å². The second-order valence-corrected chi connectivity index (χ2v) is 9.34. The molecule has 3 bridgehead atoms. The van der Waals surface area contributed by atoms with Crippen LogP contribution in [0, 0.1) is 29.1 Å². The largest absolute Gasteiger partial charge is 0.464 e. The van der Waals surface area contributed by atoms with Gasteiger partial charge >= 0.3 is 0 Å². The molecule has 0 N–H and O–H groups in total. The van der Waals surface area contributed by atoms with E-state index in [1.165, 1.54) is 32.1 Å². The van der Waals surface area contributed by atoms with Gasteiger partial charge < -0.3 is 14.2 Å². The smallest absolute Gasteiger partial charge is 0.293 e. The number of carbonyl (C=O) groups is 1. The molecule has 4 heteroatoms. The third-order valence-corrected chi connectivity index (χ3v) is 8.78. The molecule has 0 amide bonds. The fourth-order valence-corrected chi connectivity index (χ4v) is 7.87. The maximum Gasteiger partial charge on any atom is 0.293 e. The molecule has 126 valence electrons. The maximum absolute atomic E-state index is 10.7. The van der Waals surface area contributed by atoms with Crippen LogP contribution in [0.25, 0.3) is 0 Å². The van der Waals surface area contributed by atoms with E-state index in [9.17, 15) is 4.79 Å². The third-order valence-electron chi connectivity index (χ3n) is 8.78. The lowest BCUT2D eigenvalue weighted by molar-refractivity contribution is -0.240. The molecular formula is C19H26O4. The molecule has 5 saturated carbocycles. The fraction of sp³-hybridized carbons (Fsp3) is 0.947. The first-order chi connectivity index (χ1) is 11.2. The average Bonchev–Trinajstić information content (AvgIpc) is 3.10. The van der Waals surface area contributed by atoms with Crippen LogP contribution in [0.2, 0.25) is 0 Å². The first kappa shape index (κ1) is 13.7. The molecule has 1 heterocycles. The van der Waals surface area contributed by atoms with Crippen LogP contribution in [0.5, 0.6) is 0 Å². The highest BCUT2D eigenvalue weighted by Gasteiger charge is 2.75. The Kier molecular flexibility index (Phi) is 2.45. The predicted octanol–water partition coefficient (Wildman–Crippen LogP) is 3.04. The number of carbonyl (C=O) groups excluding carboxylic acids is 1. The molecule has 1 aliphatic heterocycles. The Bertz CT molecular complexity index is 536. The zero-order valence-corrected chi connectivity index (χ0v) is 13.7. The van der Waals surface area contributed by atoms with Crippen LogP contribution < -0.4 is 0 Å². The molecule has 23 heavy (non-hydrogen) atoms. The van der Waals surface area contributed by atoms with Crippen molar-refractivity contribution >= 4 is 6.47 Å². The van der Waals surface area contributed by atoms with Gasteiger partial charge in [-0.1, -0.05) is 0 Å². The van der Waals surface area contributed by atoms with Gasteiger partial charge in [0.25, 0.3) is 6.47 Å². The van der Waals surface area contributed by atoms with E-state index in [2.05, 4.69) is 0 Å². The third kappa shape index (κ3) is 1.49. The highest BCUT2D eigenvalue weighted by atomic mass is 16.8. The van der Waals surface area contributed by atoms with E-state index in [1.54, 1.807) is 0 Å². The van der Waals surface area contributed by atoms with Gasteiger partial charge in [0.2, 0.25) is 0 Å². The Morgan fingerprint density at radius 1 is 1.00 bits per heavy atom. The Morgan fingerprint density at radius 3 is 2.48 bits per heavy atom. The van der Waals surface area contributed by atoms with E-state index < -0.39 is 5.79 Å². The molecule has 5 aliphatic carbocycles. The zero-order chi connectivity index (χ0) is 15.3. The van der Waals surface area contributed by atoms with E-state index in [4.69, 9.17) is 14.2 Å². The summed E-state index contributed by atoms with van der Waals surface area (Å²) in [4.78, 5) is 10.7. The van der Waals surface area contributed by atoms with Crippen molar-refractivity contribution in [3.05, 3.63) is 0 Å². The molecule has 1 saturated heterocycles. The molecule has 0 aromatic rings. The monoisotopic (exact) mass is 318 g/mol. The second kappa shape index (κ2) is 4.13. The Labute approximate surface area is 137 Å². The van der Waals surface area contributed by atoms with Gasteiger partial charge in [0, 0.05) is 12.8 Å². The number of ether oxygens (including phenoxy) is 3. The van der Waals surface area contributed by atoms with Crippen molar-refractivity contribution in [1.29, 1.82) is 0 Å². The zero-order valence-electron chi connectivity index (χ0n) is 13.7. The molecular weight excluding hydrogens is 292 g/mol. The Hall–Kier alpha value is -0.610. The van der Waals surface area contributed by atoms with Crippen LogP contribution in [0.15, 0.2) is 0 Å². The van der Waals surface area contributed by atoms with Crippen molar-refractivity contribution < 1.29 is 19.0 Å². The SMILES string of the molecule is O=COC1CCCC2(C1)OCC1(O2)C2CC3CC4CC1CC34C2.